The van der Waals surface area contributed by atoms with Crippen molar-refractivity contribution >= 4 is 11.7 Å². The summed E-state index contributed by atoms with van der Waals surface area (Å²) in [6.45, 7) is 2.91. The van der Waals surface area contributed by atoms with Crippen LogP contribution in [0.5, 0.6) is 5.75 Å². The lowest BCUT2D eigenvalue weighted by Gasteiger charge is -2.18. The maximum atomic E-state index is 12.6. The normalized spacial score (nSPS) is 22.0. The summed E-state index contributed by atoms with van der Waals surface area (Å²) >= 11 is 0. The van der Waals surface area contributed by atoms with Crippen LogP contribution in [-0.2, 0) is 4.74 Å². The van der Waals surface area contributed by atoms with E-state index in [0.29, 0.717) is 12.5 Å². The number of amides is 2. The smallest absolute Gasteiger partial charge is 0.321 e. The lowest BCUT2D eigenvalue weighted by molar-refractivity contribution is 0.0680. The number of hydrogen-bond donors (Lipinski definition) is 1. The van der Waals surface area contributed by atoms with Crippen LogP contribution in [0.2, 0.25) is 0 Å². The van der Waals surface area contributed by atoms with E-state index in [0.717, 1.165) is 50.4 Å². The molecule has 0 spiro atoms. The zero-order valence-corrected chi connectivity index (χ0v) is 15.5. The second-order valence-electron chi connectivity index (χ2n) is 7.25. The summed E-state index contributed by atoms with van der Waals surface area (Å²) in [6.07, 6.45) is 3.34. The molecule has 2 aromatic rings. The van der Waals surface area contributed by atoms with Gasteiger partial charge in [-0.25, -0.2) is 4.79 Å². The molecule has 142 valence electrons. The van der Waals surface area contributed by atoms with Gasteiger partial charge in [0.2, 0.25) is 0 Å². The number of anilines is 1. The highest BCUT2D eigenvalue weighted by molar-refractivity contribution is 5.89. The molecule has 0 radical (unpaired) electrons. The molecule has 2 aliphatic heterocycles. The Morgan fingerprint density at radius 1 is 1.15 bits per heavy atom. The predicted molar refractivity (Wildman–Crippen MR) is 105 cm³/mol. The minimum atomic E-state index is -0.0512. The molecule has 1 N–H and O–H groups in total. The van der Waals surface area contributed by atoms with E-state index in [1.165, 1.54) is 5.56 Å². The van der Waals surface area contributed by atoms with Gasteiger partial charge in [0.15, 0.2) is 0 Å². The van der Waals surface area contributed by atoms with Crippen molar-refractivity contribution in [1.82, 2.24) is 4.90 Å². The van der Waals surface area contributed by atoms with Crippen LogP contribution >= 0.6 is 0 Å². The number of urea groups is 1. The second-order valence-corrected chi connectivity index (χ2v) is 7.25. The number of benzene rings is 2. The Bertz CT molecular complexity index is 759. The molecule has 27 heavy (non-hydrogen) atoms. The Kier molecular flexibility index (Phi) is 5.58. The summed E-state index contributed by atoms with van der Waals surface area (Å²) in [5.41, 5.74) is 2.06. The molecule has 0 aliphatic carbocycles. The minimum Gasteiger partial charge on any atom is -0.491 e. The van der Waals surface area contributed by atoms with E-state index in [4.69, 9.17) is 9.47 Å². The Morgan fingerprint density at radius 3 is 2.85 bits per heavy atom. The third-order valence-electron chi connectivity index (χ3n) is 5.29. The van der Waals surface area contributed by atoms with Crippen molar-refractivity contribution in [2.75, 3.05) is 31.6 Å². The van der Waals surface area contributed by atoms with Crippen LogP contribution < -0.4 is 10.1 Å². The zero-order chi connectivity index (χ0) is 18.5. The Hall–Kier alpha value is -2.53. The number of carbonyl (C=O) groups is 1. The SMILES string of the molecule is O=C(Nc1cccc(OC[C@@H]2CCCO2)c1)N1CC[C@@H](c2ccccc2)C1. The molecule has 0 saturated carbocycles. The highest BCUT2D eigenvalue weighted by Gasteiger charge is 2.27. The fourth-order valence-corrected chi connectivity index (χ4v) is 3.77. The number of nitrogens with zero attached hydrogens (tertiary/aromatic N) is 1. The molecule has 4 rings (SSSR count). The Balaban J connectivity index is 1.31. The highest BCUT2D eigenvalue weighted by Crippen LogP contribution is 2.27. The summed E-state index contributed by atoms with van der Waals surface area (Å²) < 4.78 is 11.4. The predicted octanol–water partition coefficient (Wildman–Crippen LogP) is 4.27. The van der Waals surface area contributed by atoms with Gasteiger partial charge < -0.3 is 19.7 Å². The lowest BCUT2D eigenvalue weighted by Crippen LogP contribution is -2.32. The van der Waals surface area contributed by atoms with E-state index in [1.807, 2.05) is 35.2 Å². The van der Waals surface area contributed by atoms with Gasteiger partial charge in [0.1, 0.15) is 12.4 Å². The molecule has 2 heterocycles. The van der Waals surface area contributed by atoms with Gasteiger partial charge in [-0.05, 0) is 37.0 Å². The fraction of sp³-hybridized carbons (Fsp3) is 0.409. The van der Waals surface area contributed by atoms with E-state index >= 15 is 0 Å². The van der Waals surface area contributed by atoms with E-state index in [-0.39, 0.29) is 12.1 Å². The van der Waals surface area contributed by atoms with Crippen LogP contribution in [0.25, 0.3) is 0 Å². The summed E-state index contributed by atoms with van der Waals surface area (Å²) in [5, 5.41) is 3.00. The van der Waals surface area contributed by atoms with Gasteiger partial charge in [0.05, 0.1) is 6.10 Å². The first-order valence-electron chi connectivity index (χ1n) is 9.73. The van der Waals surface area contributed by atoms with Crippen molar-refractivity contribution < 1.29 is 14.3 Å². The summed E-state index contributed by atoms with van der Waals surface area (Å²) in [5.74, 6) is 1.17. The van der Waals surface area contributed by atoms with Gasteiger partial charge in [0, 0.05) is 37.4 Å². The topological polar surface area (TPSA) is 50.8 Å². The van der Waals surface area contributed by atoms with Crippen molar-refractivity contribution in [2.24, 2.45) is 0 Å². The molecule has 0 aromatic heterocycles. The molecule has 0 unspecified atom stereocenters. The fourth-order valence-electron chi connectivity index (χ4n) is 3.77. The molecule has 5 heteroatoms. The van der Waals surface area contributed by atoms with E-state index in [2.05, 4.69) is 29.6 Å². The highest BCUT2D eigenvalue weighted by atomic mass is 16.5. The summed E-state index contributed by atoms with van der Waals surface area (Å²) in [6, 6.07) is 17.9. The minimum absolute atomic E-state index is 0.0512. The van der Waals surface area contributed by atoms with Crippen molar-refractivity contribution in [1.29, 1.82) is 0 Å². The van der Waals surface area contributed by atoms with Crippen LogP contribution in [0.1, 0.15) is 30.7 Å². The molecule has 5 nitrogen and oxygen atoms in total. The third kappa shape index (κ3) is 4.61. The van der Waals surface area contributed by atoms with Gasteiger partial charge in [0.25, 0.3) is 0 Å². The van der Waals surface area contributed by atoms with Crippen molar-refractivity contribution in [3.05, 3.63) is 60.2 Å². The van der Waals surface area contributed by atoms with Gasteiger partial charge in [-0.2, -0.15) is 0 Å². The maximum Gasteiger partial charge on any atom is 0.321 e. The zero-order valence-electron chi connectivity index (χ0n) is 15.5. The van der Waals surface area contributed by atoms with Gasteiger partial charge >= 0.3 is 6.03 Å². The second kappa shape index (κ2) is 8.44. The average molecular weight is 366 g/mol. The van der Waals surface area contributed by atoms with Crippen LogP contribution in [0, 0.1) is 0 Å². The first-order valence-corrected chi connectivity index (χ1v) is 9.73. The summed E-state index contributed by atoms with van der Waals surface area (Å²) in [4.78, 5) is 14.5. The van der Waals surface area contributed by atoms with Gasteiger partial charge in [-0.3, -0.25) is 0 Å². The first kappa shape index (κ1) is 17.9. The Morgan fingerprint density at radius 2 is 2.04 bits per heavy atom. The van der Waals surface area contributed by atoms with Crippen molar-refractivity contribution in [3.8, 4) is 5.75 Å². The number of nitrogens with one attached hydrogen (secondary N) is 1. The number of hydrogen-bond acceptors (Lipinski definition) is 3. The van der Waals surface area contributed by atoms with E-state index in [1.54, 1.807) is 0 Å². The molecular weight excluding hydrogens is 340 g/mol. The number of ether oxygens (including phenoxy) is 2. The van der Waals surface area contributed by atoms with Crippen molar-refractivity contribution in [3.63, 3.8) is 0 Å². The van der Waals surface area contributed by atoms with Crippen LogP contribution in [0.15, 0.2) is 54.6 Å². The number of carbonyl (C=O) groups excluding carboxylic acids is 1. The van der Waals surface area contributed by atoms with Gasteiger partial charge in [-0.1, -0.05) is 36.4 Å². The molecule has 0 bridgehead atoms. The molecule has 2 fully saturated rings. The van der Waals surface area contributed by atoms with Crippen molar-refractivity contribution in [2.45, 2.75) is 31.3 Å². The van der Waals surface area contributed by atoms with E-state index in [9.17, 15) is 4.79 Å². The molecule has 2 atom stereocenters. The van der Waals surface area contributed by atoms with Crippen LogP contribution in [-0.4, -0.2) is 43.3 Å². The summed E-state index contributed by atoms with van der Waals surface area (Å²) in [7, 11) is 0. The van der Waals surface area contributed by atoms with Crippen LogP contribution in [0.3, 0.4) is 0 Å². The molecule has 2 amide bonds. The van der Waals surface area contributed by atoms with Crippen LogP contribution in [0.4, 0.5) is 10.5 Å². The maximum absolute atomic E-state index is 12.6. The largest absolute Gasteiger partial charge is 0.491 e. The average Bonchev–Trinajstić information content (AvgIpc) is 3.39. The molecule has 2 saturated heterocycles. The standard InChI is InChI=1S/C22H26N2O3/c25-22(24-12-11-18(15-24)17-6-2-1-3-7-17)23-19-8-4-9-20(14-19)27-16-21-10-5-13-26-21/h1-4,6-9,14,18,21H,5,10-13,15-16H2,(H,23,25)/t18-,21+/m1/s1. The third-order valence-corrected chi connectivity index (χ3v) is 5.29. The molecule has 2 aliphatic rings. The van der Waals surface area contributed by atoms with Gasteiger partial charge in [-0.15, -0.1) is 0 Å². The molecule has 2 aromatic carbocycles. The van der Waals surface area contributed by atoms with E-state index < -0.39 is 0 Å². The Labute approximate surface area is 160 Å². The first-order chi connectivity index (χ1) is 13.3. The lowest BCUT2D eigenvalue weighted by atomic mass is 9.99. The molecular formula is C22H26N2O3. The number of rotatable bonds is 5. The number of likely N-dealkylation sites (tertiary alicyclic amines) is 1. The quantitative estimate of drug-likeness (QED) is 0.860. The monoisotopic (exact) mass is 366 g/mol.